The third-order valence-corrected chi connectivity index (χ3v) is 2.79. The number of aryl methyl sites for hydroxylation is 1. The summed E-state index contributed by atoms with van der Waals surface area (Å²) < 4.78 is 29.9. The van der Waals surface area contributed by atoms with E-state index in [1.54, 1.807) is 6.92 Å². The summed E-state index contributed by atoms with van der Waals surface area (Å²) in [5, 5.41) is 9.95. The molecule has 0 unspecified atom stereocenters. The van der Waals surface area contributed by atoms with Crippen LogP contribution < -0.4 is 10.0 Å². The van der Waals surface area contributed by atoms with E-state index in [-0.39, 0.29) is 11.8 Å². The van der Waals surface area contributed by atoms with Gasteiger partial charge in [0.25, 0.3) is 0 Å². The smallest absolute Gasteiger partial charge is 0.329 e. The molecule has 8 heteroatoms. The molecule has 2 N–H and O–H groups in total. The minimum atomic E-state index is -3.40. The van der Waals surface area contributed by atoms with Crippen LogP contribution in [0.5, 0.6) is 0 Å². The maximum Gasteiger partial charge on any atom is 0.329 e. The molecule has 0 radical (unpaired) electrons. The maximum atomic E-state index is 11.4. The fourth-order valence-electron chi connectivity index (χ4n) is 0.905. The standard InChI is InChI=1S/C7H14N4O3S/c1-3-8-4-5-15(12,13)11-7-10-9-6(2)14-7/h8H,3-5H2,1-2H3,(H,10,11). The number of sulfonamides is 1. The summed E-state index contributed by atoms with van der Waals surface area (Å²) in [4.78, 5) is 0. The average molecular weight is 234 g/mol. The van der Waals surface area contributed by atoms with Crippen LogP contribution in [0.1, 0.15) is 12.8 Å². The number of rotatable bonds is 6. The van der Waals surface area contributed by atoms with Gasteiger partial charge in [0.1, 0.15) is 0 Å². The molecule has 1 rings (SSSR count). The van der Waals surface area contributed by atoms with E-state index in [9.17, 15) is 8.42 Å². The van der Waals surface area contributed by atoms with E-state index in [0.29, 0.717) is 12.4 Å². The van der Waals surface area contributed by atoms with Crippen LogP contribution in [0, 0.1) is 6.92 Å². The van der Waals surface area contributed by atoms with Gasteiger partial charge in [-0.1, -0.05) is 12.0 Å². The van der Waals surface area contributed by atoms with Crippen LogP contribution in [0.25, 0.3) is 0 Å². The summed E-state index contributed by atoms with van der Waals surface area (Å²) in [6.45, 7) is 4.61. The van der Waals surface area contributed by atoms with Crippen molar-refractivity contribution in [1.82, 2.24) is 15.5 Å². The van der Waals surface area contributed by atoms with Crippen molar-refractivity contribution in [2.75, 3.05) is 23.6 Å². The first-order valence-corrected chi connectivity index (χ1v) is 6.20. The van der Waals surface area contributed by atoms with Crippen LogP contribution in [-0.2, 0) is 10.0 Å². The van der Waals surface area contributed by atoms with E-state index >= 15 is 0 Å². The van der Waals surface area contributed by atoms with Crippen molar-refractivity contribution in [3.8, 4) is 0 Å². The predicted molar refractivity (Wildman–Crippen MR) is 55.0 cm³/mol. The highest BCUT2D eigenvalue weighted by Gasteiger charge is 2.13. The van der Waals surface area contributed by atoms with Crippen molar-refractivity contribution in [2.45, 2.75) is 13.8 Å². The summed E-state index contributed by atoms with van der Waals surface area (Å²) in [6.07, 6.45) is 0. The first-order valence-electron chi connectivity index (χ1n) is 4.55. The van der Waals surface area contributed by atoms with Gasteiger partial charge in [-0.25, -0.2) is 13.1 Å². The highest BCUT2D eigenvalue weighted by molar-refractivity contribution is 7.92. The lowest BCUT2D eigenvalue weighted by molar-refractivity contribution is 0.534. The predicted octanol–water partition coefficient (Wildman–Crippen LogP) is -0.271. The summed E-state index contributed by atoms with van der Waals surface area (Å²) in [5.41, 5.74) is 0. The summed E-state index contributed by atoms with van der Waals surface area (Å²) in [7, 11) is -3.40. The molecular formula is C7H14N4O3S. The van der Waals surface area contributed by atoms with Gasteiger partial charge in [0, 0.05) is 13.5 Å². The lowest BCUT2D eigenvalue weighted by Crippen LogP contribution is -2.26. The van der Waals surface area contributed by atoms with Crippen LogP contribution in [-0.4, -0.2) is 37.5 Å². The number of hydrogen-bond acceptors (Lipinski definition) is 6. The normalized spacial score (nSPS) is 11.6. The Morgan fingerprint density at radius 2 is 2.13 bits per heavy atom. The quantitative estimate of drug-likeness (QED) is 0.657. The summed E-state index contributed by atoms with van der Waals surface area (Å²) >= 11 is 0. The SMILES string of the molecule is CCNCCS(=O)(=O)Nc1nnc(C)o1. The number of anilines is 1. The highest BCUT2D eigenvalue weighted by Crippen LogP contribution is 2.05. The average Bonchev–Trinajstić information content (AvgIpc) is 2.50. The zero-order chi connectivity index (χ0) is 11.3. The molecule has 0 aliphatic rings. The molecule has 0 aliphatic carbocycles. The van der Waals surface area contributed by atoms with Gasteiger partial charge in [0.2, 0.25) is 15.9 Å². The van der Waals surface area contributed by atoms with Gasteiger partial charge in [-0.3, -0.25) is 0 Å². The van der Waals surface area contributed by atoms with Crippen LogP contribution in [0.4, 0.5) is 6.01 Å². The van der Waals surface area contributed by atoms with Crippen molar-refractivity contribution >= 4 is 16.0 Å². The lowest BCUT2D eigenvalue weighted by atomic mass is 10.7. The van der Waals surface area contributed by atoms with Crippen LogP contribution in [0.2, 0.25) is 0 Å². The molecule has 86 valence electrons. The van der Waals surface area contributed by atoms with Gasteiger partial charge in [-0.2, -0.15) is 0 Å². The monoisotopic (exact) mass is 234 g/mol. The van der Waals surface area contributed by atoms with Gasteiger partial charge in [-0.15, -0.1) is 5.10 Å². The molecule has 0 spiro atoms. The number of aromatic nitrogens is 2. The largest absolute Gasteiger partial charge is 0.408 e. The molecule has 0 amide bonds. The van der Waals surface area contributed by atoms with Crippen LogP contribution >= 0.6 is 0 Å². The molecule has 0 saturated carbocycles. The van der Waals surface area contributed by atoms with E-state index in [2.05, 4.69) is 20.2 Å². The topological polar surface area (TPSA) is 97.1 Å². The van der Waals surface area contributed by atoms with E-state index in [1.165, 1.54) is 0 Å². The highest BCUT2D eigenvalue weighted by atomic mass is 32.2. The molecule has 0 aliphatic heterocycles. The molecule has 0 aromatic carbocycles. The van der Waals surface area contributed by atoms with Gasteiger partial charge in [-0.05, 0) is 6.54 Å². The zero-order valence-corrected chi connectivity index (χ0v) is 9.47. The molecule has 0 atom stereocenters. The fraction of sp³-hybridized carbons (Fsp3) is 0.714. The van der Waals surface area contributed by atoms with Crippen molar-refractivity contribution in [3.63, 3.8) is 0 Å². The molecule has 1 aromatic rings. The molecule has 15 heavy (non-hydrogen) atoms. The van der Waals surface area contributed by atoms with Crippen molar-refractivity contribution in [3.05, 3.63) is 5.89 Å². The minimum Gasteiger partial charge on any atom is -0.408 e. The molecule has 0 fully saturated rings. The van der Waals surface area contributed by atoms with E-state index in [0.717, 1.165) is 6.54 Å². The first-order chi connectivity index (χ1) is 7.03. The first kappa shape index (κ1) is 11.9. The third kappa shape index (κ3) is 4.26. The summed E-state index contributed by atoms with van der Waals surface area (Å²) in [5.74, 6) is 0.293. The molecule has 0 bridgehead atoms. The Hall–Kier alpha value is -1.15. The second-order valence-electron chi connectivity index (χ2n) is 2.90. The van der Waals surface area contributed by atoms with E-state index < -0.39 is 10.0 Å². The molecule has 1 heterocycles. The minimum absolute atomic E-state index is 0.0255. The Morgan fingerprint density at radius 3 is 2.67 bits per heavy atom. The Kier molecular flexibility index (Phi) is 4.04. The zero-order valence-electron chi connectivity index (χ0n) is 8.65. The number of nitrogens with one attached hydrogen (secondary N) is 2. The van der Waals surface area contributed by atoms with Crippen LogP contribution in [0.3, 0.4) is 0 Å². The number of nitrogens with zero attached hydrogens (tertiary/aromatic N) is 2. The van der Waals surface area contributed by atoms with Crippen LogP contribution in [0.15, 0.2) is 4.42 Å². The van der Waals surface area contributed by atoms with E-state index in [4.69, 9.17) is 4.42 Å². The Labute approximate surface area is 88.3 Å². The molecular weight excluding hydrogens is 220 g/mol. The Bertz CT molecular complexity index is 400. The van der Waals surface area contributed by atoms with Gasteiger partial charge in [0.15, 0.2) is 0 Å². The van der Waals surface area contributed by atoms with E-state index in [1.807, 2.05) is 6.92 Å². The van der Waals surface area contributed by atoms with Crippen molar-refractivity contribution in [1.29, 1.82) is 0 Å². The van der Waals surface area contributed by atoms with Crippen molar-refractivity contribution in [2.24, 2.45) is 0 Å². The molecule has 7 nitrogen and oxygen atoms in total. The molecule has 0 saturated heterocycles. The maximum absolute atomic E-state index is 11.4. The second-order valence-corrected chi connectivity index (χ2v) is 4.74. The third-order valence-electron chi connectivity index (χ3n) is 1.57. The lowest BCUT2D eigenvalue weighted by Gasteiger charge is -2.03. The molecule has 1 aromatic heterocycles. The Morgan fingerprint density at radius 1 is 1.40 bits per heavy atom. The van der Waals surface area contributed by atoms with Gasteiger partial charge < -0.3 is 9.73 Å². The van der Waals surface area contributed by atoms with Gasteiger partial charge in [0.05, 0.1) is 5.75 Å². The Balaban J connectivity index is 2.49. The second kappa shape index (κ2) is 5.08. The fourth-order valence-corrected chi connectivity index (χ4v) is 1.77. The van der Waals surface area contributed by atoms with Crippen molar-refractivity contribution < 1.29 is 12.8 Å². The number of hydrogen-bond donors (Lipinski definition) is 2. The summed E-state index contributed by atoms with van der Waals surface area (Å²) in [6, 6.07) is -0.0935. The van der Waals surface area contributed by atoms with Gasteiger partial charge >= 0.3 is 6.01 Å².